The number of nitrogens with one attached hydrogen (secondary N) is 1. The fourth-order valence-electron chi connectivity index (χ4n) is 3.24. The normalized spacial score (nSPS) is 14.1. The highest BCUT2D eigenvalue weighted by atomic mass is 35.5. The summed E-state index contributed by atoms with van der Waals surface area (Å²) in [5, 5.41) is 12.1. The zero-order chi connectivity index (χ0) is 19.3. The number of para-hydroxylation sites is 2. The molecule has 2 heterocycles. The Kier molecular flexibility index (Phi) is 5.43. The molecule has 7 nitrogen and oxygen atoms in total. The molecule has 0 amide bonds. The molecular formula is C20H21ClN6O. The molecule has 1 aliphatic rings. The van der Waals surface area contributed by atoms with Gasteiger partial charge in [0, 0.05) is 36.9 Å². The summed E-state index contributed by atoms with van der Waals surface area (Å²) in [5.74, 6) is 1.98. The van der Waals surface area contributed by atoms with Crippen LogP contribution >= 0.6 is 11.6 Å². The highest BCUT2D eigenvalue weighted by molar-refractivity contribution is 6.30. The molecule has 0 aliphatic carbocycles. The molecule has 8 heteroatoms. The lowest BCUT2D eigenvalue weighted by Gasteiger charge is -2.36. The molecule has 4 rings (SSSR count). The molecule has 0 unspecified atom stereocenters. The number of benzene rings is 2. The van der Waals surface area contributed by atoms with Crippen molar-refractivity contribution in [2.24, 2.45) is 0 Å². The van der Waals surface area contributed by atoms with Gasteiger partial charge >= 0.3 is 0 Å². The highest BCUT2D eigenvalue weighted by Gasteiger charge is 2.19. The number of rotatable bonds is 5. The SMILES string of the molecule is COc1ccccc1Nc1nncc(N2CCN(c3cccc(Cl)c3)CC2)n1. The van der Waals surface area contributed by atoms with Crippen LogP contribution in [-0.2, 0) is 0 Å². The molecule has 3 aromatic rings. The first kappa shape index (κ1) is 18.3. The summed E-state index contributed by atoms with van der Waals surface area (Å²) in [6.45, 7) is 3.47. The average Bonchev–Trinajstić information content (AvgIpc) is 2.74. The van der Waals surface area contributed by atoms with Crippen LogP contribution in [0.2, 0.25) is 5.02 Å². The topological polar surface area (TPSA) is 66.4 Å². The van der Waals surface area contributed by atoms with E-state index in [2.05, 4.69) is 36.4 Å². The van der Waals surface area contributed by atoms with Gasteiger partial charge in [0.2, 0.25) is 5.95 Å². The van der Waals surface area contributed by atoms with Gasteiger partial charge in [0.1, 0.15) is 5.75 Å². The van der Waals surface area contributed by atoms with E-state index in [0.29, 0.717) is 5.95 Å². The minimum Gasteiger partial charge on any atom is -0.495 e. The van der Waals surface area contributed by atoms with Gasteiger partial charge in [-0.15, -0.1) is 5.10 Å². The lowest BCUT2D eigenvalue weighted by atomic mass is 10.2. The van der Waals surface area contributed by atoms with Crippen molar-refractivity contribution < 1.29 is 4.74 Å². The van der Waals surface area contributed by atoms with Crippen molar-refractivity contribution in [3.05, 3.63) is 59.8 Å². The number of hydrogen-bond acceptors (Lipinski definition) is 7. The van der Waals surface area contributed by atoms with Crippen LogP contribution in [0.15, 0.2) is 54.7 Å². The van der Waals surface area contributed by atoms with Crippen LogP contribution in [0, 0.1) is 0 Å². The first-order valence-corrected chi connectivity index (χ1v) is 9.46. The fourth-order valence-corrected chi connectivity index (χ4v) is 3.42. The van der Waals surface area contributed by atoms with Crippen LogP contribution in [0.5, 0.6) is 5.75 Å². The molecule has 1 aliphatic heterocycles. The van der Waals surface area contributed by atoms with Gasteiger partial charge in [-0.05, 0) is 30.3 Å². The second-order valence-electron chi connectivity index (χ2n) is 6.42. The maximum Gasteiger partial charge on any atom is 0.249 e. The molecule has 1 saturated heterocycles. The summed E-state index contributed by atoms with van der Waals surface area (Å²) in [5.41, 5.74) is 1.95. The number of methoxy groups -OCH3 is 1. The predicted molar refractivity (Wildman–Crippen MR) is 112 cm³/mol. The Labute approximate surface area is 168 Å². The van der Waals surface area contributed by atoms with E-state index in [1.807, 2.05) is 42.5 Å². The molecule has 0 radical (unpaired) electrons. The van der Waals surface area contributed by atoms with Crippen LogP contribution < -0.4 is 19.9 Å². The van der Waals surface area contributed by atoms with Crippen LogP contribution in [0.3, 0.4) is 0 Å². The number of halogens is 1. The third-order valence-corrected chi connectivity index (χ3v) is 4.91. The summed E-state index contributed by atoms with van der Waals surface area (Å²) in [6.07, 6.45) is 1.70. The van der Waals surface area contributed by atoms with Crippen molar-refractivity contribution in [3.8, 4) is 5.75 Å². The maximum atomic E-state index is 6.12. The van der Waals surface area contributed by atoms with Gasteiger partial charge < -0.3 is 19.9 Å². The van der Waals surface area contributed by atoms with E-state index in [9.17, 15) is 0 Å². The van der Waals surface area contributed by atoms with Crippen molar-refractivity contribution in [2.75, 3.05) is 48.4 Å². The molecule has 144 valence electrons. The van der Waals surface area contributed by atoms with Crippen LogP contribution in [0.1, 0.15) is 0 Å². The Morgan fingerprint density at radius 1 is 1.00 bits per heavy atom. The summed E-state index contributed by atoms with van der Waals surface area (Å²) in [6, 6.07) is 15.6. The standard InChI is InChI=1S/C20H21ClN6O/c1-28-18-8-3-2-7-17(18)23-20-24-19(14-22-25-20)27-11-9-26(10-12-27)16-6-4-5-15(21)13-16/h2-8,13-14H,9-12H2,1H3,(H,23,24,25). The van der Waals surface area contributed by atoms with Crippen molar-refractivity contribution in [2.45, 2.75) is 0 Å². The minimum absolute atomic E-state index is 0.444. The van der Waals surface area contributed by atoms with E-state index in [-0.39, 0.29) is 0 Å². The van der Waals surface area contributed by atoms with E-state index in [1.165, 1.54) is 0 Å². The van der Waals surface area contributed by atoms with E-state index < -0.39 is 0 Å². The molecule has 2 aromatic carbocycles. The Balaban J connectivity index is 1.44. The van der Waals surface area contributed by atoms with E-state index in [4.69, 9.17) is 16.3 Å². The molecule has 28 heavy (non-hydrogen) atoms. The quantitative estimate of drug-likeness (QED) is 0.706. The summed E-state index contributed by atoms with van der Waals surface area (Å²) in [7, 11) is 1.63. The molecule has 0 atom stereocenters. The number of piperazine rings is 1. The first-order valence-electron chi connectivity index (χ1n) is 9.08. The molecule has 0 spiro atoms. The monoisotopic (exact) mass is 396 g/mol. The number of aromatic nitrogens is 3. The predicted octanol–water partition coefficient (Wildman–Crippen LogP) is 3.60. The Bertz CT molecular complexity index is 945. The smallest absolute Gasteiger partial charge is 0.249 e. The second-order valence-corrected chi connectivity index (χ2v) is 6.85. The fraction of sp³-hybridized carbons (Fsp3) is 0.250. The zero-order valence-electron chi connectivity index (χ0n) is 15.5. The Hall–Kier alpha value is -3.06. The third-order valence-electron chi connectivity index (χ3n) is 4.68. The molecule has 0 bridgehead atoms. The number of anilines is 4. The van der Waals surface area contributed by atoms with Gasteiger partial charge in [-0.2, -0.15) is 10.1 Å². The van der Waals surface area contributed by atoms with Crippen molar-refractivity contribution in [1.29, 1.82) is 0 Å². The van der Waals surface area contributed by atoms with Gasteiger partial charge in [0.15, 0.2) is 5.82 Å². The van der Waals surface area contributed by atoms with Gasteiger partial charge in [0.05, 0.1) is 19.0 Å². The average molecular weight is 397 g/mol. The van der Waals surface area contributed by atoms with Gasteiger partial charge in [-0.25, -0.2) is 0 Å². The lowest BCUT2D eigenvalue weighted by Crippen LogP contribution is -2.46. The van der Waals surface area contributed by atoms with E-state index >= 15 is 0 Å². The van der Waals surface area contributed by atoms with Crippen molar-refractivity contribution in [3.63, 3.8) is 0 Å². The summed E-state index contributed by atoms with van der Waals surface area (Å²) >= 11 is 6.12. The Morgan fingerprint density at radius 2 is 1.79 bits per heavy atom. The highest BCUT2D eigenvalue weighted by Crippen LogP contribution is 2.26. The van der Waals surface area contributed by atoms with Crippen molar-refractivity contribution >= 4 is 34.7 Å². The number of nitrogens with zero attached hydrogens (tertiary/aromatic N) is 5. The lowest BCUT2D eigenvalue weighted by molar-refractivity contribution is 0.417. The van der Waals surface area contributed by atoms with Crippen LogP contribution in [-0.4, -0.2) is 48.5 Å². The van der Waals surface area contributed by atoms with Gasteiger partial charge in [-0.1, -0.05) is 29.8 Å². The molecule has 1 fully saturated rings. The van der Waals surface area contributed by atoms with E-state index in [0.717, 1.165) is 54.1 Å². The van der Waals surface area contributed by atoms with Crippen LogP contribution in [0.25, 0.3) is 0 Å². The van der Waals surface area contributed by atoms with Gasteiger partial charge in [0.25, 0.3) is 0 Å². The Morgan fingerprint density at radius 3 is 2.57 bits per heavy atom. The van der Waals surface area contributed by atoms with Crippen LogP contribution in [0.4, 0.5) is 23.1 Å². The molecule has 0 saturated carbocycles. The largest absolute Gasteiger partial charge is 0.495 e. The molecular weight excluding hydrogens is 376 g/mol. The van der Waals surface area contributed by atoms with Gasteiger partial charge in [-0.3, -0.25) is 0 Å². The third kappa shape index (κ3) is 4.09. The van der Waals surface area contributed by atoms with Crippen molar-refractivity contribution in [1.82, 2.24) is 15.2 Å². The maximum absolute atomic E-state index is 6.12. The summed E-state index contributed by atoms with van der Waals surface area (Å²) < 4.78 is 5.36. The second kappa shape index (κ2) is 8.31. The first-order chi connectivity index (χ1) is 13.7. The summed E-state index contributed by atoms with van der Waals surface area (Å²) in [4.78, 5) is 9.16. The molecule has 1 aromatic heterocycles. The minimum atomic E-state index is 0.444. The number of ether oxygens (including phenoxy) is 1. The number of hydrogen-bond donors (Lipinski definition) is 1. The molecule has 1 N–H and O–H groups in total. The van der Waals surface area contributed by atoms with E-state index in [1.54, 1.807) is 13.3 Å². The zero-order valence-corrected chi connectivity index (χ0v) is 16.3.